The molecule has 0 aliphatic heterocycles. The molecular weight excluding hydrogens is 284 g/mol. The molecule has 1 aromatic heterocycles. The molecule has 1 saturated carbocycles. The average molecular weight is 319 g/mol. The molecule has 130 valence electrons. The van der Waals surface area contributed by atoms with Crippen LogP contribution in [0.5, 0.6) is 0 Å². The first-order chi connectivity index (χ1) is 11.1. The number of amidine groups is 1. The monoisotopic (exact) mass is 318 g/mol. The quantitative estimate of drug-likeness (QED) is 0.596. The Kier molecular flexibility index (Phi) is 7.13. The normalized spacial score (nSPS) is 17.5. The summed E-state index contributed by atoms with van der Waals surface area (Å²) >= 11 is 0. The van der Waals surface area contributed by atoms with Crippen LogP contribution in [0.3, 0.4) is 0 Å². The second kappa shape index (κ2) is 9.09. The molecular formula is C19H34N4. The minimum Gasteiger partial charge on any atom is -0.382 e. The Morgan fingerprint density at radius 1 is 1.17 bits per heavy atom. The third kappa shape index (κ3) is 5.08. The Balaban J connectivity index is 2.15. The predicted molar refractivity (Wildman–Crippen MR) is 97.0 cm³/mol. The number of unbranched alkanes of at least 4 members (excludes halogenated alkanes) is 1. The van der Waals surface area contributed by atoms with Gasteiger partial charge in [-0.05, 0) is 38.5 Å². The van der Waals surface area contributed by atoms with Gasteiger partial charge in [0.15, 0.2) is 0 Å². The van der Waals surface area contributed by atoms with Crippen LogP contribution in [0.4, 0.5) is 0 Å². The van der Waals surface area contributed by atoms with E-state index in [9.17, 15) is 0 Å². The fourth-order valence-corrected chi connectivity index (χ4v) is 3.80. The van der Waals surface area contributed by atoms with Crippen molar-refractivity contribution in [1.29, 1.82) is 5.41 Å². The standard InChI is InChI=1S/C19H34N4/c1-3-4-13-17-15(2)18(19(20)21)22-23(17)14-16-11-9-7-5-6-8-10-12-16/h16H,3-14H2,1-2H3,(H3,20,21). The second-order valence-corrected chi connectivity index (χ2v) is 7.18. The number of hydrogen-bond acceptors (Lipinski definition) is 2. The predicted octanol–water partition coefficient (Wildman–Crippen LogP) is 4.57. The minimum atomic E-state index is 0.105. The summed E-state index contributed by atoms with van der Waals surface area (Å²) in [5.41, 5.74) is 8.85. The molecule has 1 aromatic rings. The van der Waals surface area contributed by atoms with Crippen molar-refractivity contribution in [2.45, 2.75) is 91.0 Å². The first-order valence-electron chi connectivity index (χ1n) is 9.54. The van der Waals surface area contributed by atoms with Gasteiger partial charge in [-0.15, -0.1) is 0 Å². The van der Waals surface area contributed by atoms with Crippen LogP contribution in [0, 0.1) is 18.3 Å². The number of nitrogens with one attached hydrogen (secondary N) is 1. The minimum absolute atomic E-state index is 0.105. The molecule has 1 aliphatic carbocycles. The smallest absolute Gasteiger partial charge is 0.144 e. The summed E-state index contributed by atoms with van der Waals surface area (Å²) in [6.45, 7) is 5.31. The molecule has 0 amide bonds. The van der Waals surface area contributed by atoms with Crippen molar-refractivity contribution >= 4 is 5.84 Å². The van der Waals surface area contributed by atoms with Crippen LogP contribution >= 0.6 is 0 Å². The van der Waals surface area contributed by atoms with Gasteiger partial charge < -0.3 is 5.73 Å². The molecule has 0 aromatic carbocycles. The van der Waals surface area contributed by atoms with E-state index in [1.165, 1.54) is 69.9 Å². The highest BCUT2D eigenvalue weighted by Gasteiger charge is 2.19. The maximum atomic E-state index is 7.78. The molecule has 0 bridgehead atoms. The summed E-state index contributed by atoms with van der Waals surface area (Å²) in [5, 5.41) is 12.5. The number of aromatic nitrogens is 2. The van der Waals surface area contributed by atoms with Gasteiger partial charge in [-0.3, -0.25) is 10.1 Å². The Morgan fingerprint density at radius 3 is 2.35 bits per heavy atom. The molecule has 2 rings (SSSR count). The van der Waals surface area contributed by atoms with Gasteiger partial charge in [0, 0.05) is 17.8 Å². The summed E-state index contributed by atoms with van der Waals surface area (Å²) in [7, 11) is 0. The van der Waals surface area contributed by atoms with E-state index >= 15 is 0 Å². The van der Waals surface area contributed by atoms with Gasteiger partial charge in [-0.2, -0.15) is 5.10 Å². The molecule has 4 heteroatoms. The van der Waals surface area contributed by atoms with Crippen molar-refractivity contribution < 1.29 is 0 Å². The molecule has 0 atom stereocenters. The first kappa shape index (κ1) is 18.0. The maximum absolute atomic E-state index is 7.78. The Morgan fingerprint density at radius 2 is 1.78 bits per heavy atom. The van der Waals surface area contributed by atoms with E-state index in [2.05, 4.69) is 18.5 Å². The van der Waals surface area contributed by atoms with Gasteiger partial charge in [0.05, 0.1) is 0 Å². The number of nitrogens with zero attached hydrogens (tertiary/aromatic N) is 2. The molecule has 1 fully saturated rings. The van der Waals surface area contributed by atoms with Crippen molar-refractivity contribution in [1.82, 2.24) is 9.78 Å². The molecule has 0 unspecified atom stereocenters. The lowest BCUT2D eigenvalue weighted by molar-refractivity contribution is 0.350. The fraction of sp³-hybridized carbons (Fsp3) is 0.789. The van der Waals surface area contributed by atoms with Gasteiger partial charge in [-0.25, -0.2) is 0 Å². The summed E-state index contributed by atoms with van der Waals surface area (Å²) in [6.07, 6.45) is 14.3. The van der Waals surface area contributed by atoms with Gasteiger partial charge in [0.2, 0.25) is 0 Å². The third-order valence-corrected chi connectivity index (χ3v) is 5.25. The second-order valence-electron chi connectivity index (χ2n) is 7.18. The molecule has 0 spiro atoms. The first-order valence-corrected chi connectivity index (χ1v) is 9.54. The maximum Gasteiger partial charge on any atom is 0.144 e. The van der Waals surface area contributed by atoms with Crippen LogP contribution < -0.4 is 5.73 Å². The van der Waals surface area contributed by atoms with Crippen molar-refractivity contribution in [3.05, 3.63) is 17.0 Å². The molecule has 0 radical (unpaired) electrons. The zero-order valence-corrected chi connectivity index (χ0v) is 15.0. The van der Waals surface area contributed by atoms with E-state index in [0.717, 1.165) is 24.4 Å². The molecule has 3 N–H and O–H groups in total. The highest BCUT2D eigenvalue weighted by atomic mass is 15.3. The van der Waals surface area contributed by atoms with Crippen LogP contribution in [-0.2, 0) is 13.0 Å². The van der Waals surface area contributed by atoms with Crippen LogP contribution in [-0.4, -0.2) is 15.6 Å². The lowest BCUT2D eigenvalue weighted by atomic mass is 9.96. The summed E-state index contributed by atoms with van der Waals surface area (Å²) < 4.78 is 2.18. The van der Waals surface area contributed by atoms with Crippen LogP contribution in [0.25, 0.3) is 0 Å². The lowest BCUT2D eigenvalue weighted by Gasteiger charge is -2.18. The molecule has 0 saturated heterocycles. The third-order valence-electron chi connectivity index (χ3n) is 5.25. The summed E-state index contributed by atoms with van der Waals surface area (Å²) in [5.74, 6) is 0.834. The Labute approximate surface area is 141 Å². The van der Waals surface area contributed by atoms with E-state index in [0.29, 0.717) is 5.69 Å². The Bertz CT molecular complexity index is 494. The van der Waals surface area contributed by atoms with Crippen LogP contribution in [0.1, 0.15) is 88.1 Å². The number of nitrogens with two attached hydrogens (primary N) is 1. The highest BCUT2D eigenvalue weighted by Crippen LogP contribution is 2.25. The van der Waals surface area contributed by atoms with Gasteiger partial charge in [0.25, 0.3) is 0 Å². The SMILES string of the molecule is CCCCc1c(C)c(C(=N)N)nn1CC1CCCCCCCC1. The van der Waals surface area contributed by atoms with Crippen molar-refractivity contribution in [3.63, 3.8) is 0 Å². The molecule has 23 heavy (non-hydrogen) atoms. The summed E-state index contributed by atoms with van der Waals surface area (Å²) in [6, 6.07) is 0. The molecule has 4 nitrogen and oxygen atoms in total. The molecule has 1 aliphatic rings. The zero-order valence-electron chi connectivity index (χ0n) is 15.0. The largest absolute Gasteiger partial charge is 0.382 e. The van der Waals surface area contributed by atoms with Crippen LogP contribution in [0.2, 0.25) is 0 Å². The van der Waals surface area contributed by atoms with Gasteiger partial charge in [-0.1, -0.05) is 51.9 Å². The number of nitrogen functional groups attached to an aromatic ring is 1. The topological polar surface area (TPSA) is 67.7 Å². The van der Waals surface area contributed by atoms with E-state index in [1.54, 1.807) is 0 Å². The fourth-order valence-electron chi connectivity index (χ4n) is 3.80. The van der Waals surface area contributed by atoms with Crippen LogP contribution in [0.15, 0.2) is 0 Å². The van der Waals surface area contributed by atoms with Gasteiger partial charge >= 0.3 is 0 Å². The van der Waals surface area contributed by atoms with Crippen molar-refractivity contribution in [2.24, 2.45) is 11.7 Å². The van der Waals surface area contributed by atoms with Gasteiger partial charge in [0.1, 0.15) is 11.5 Å². The van der Waals surface area contributed by atoms with E-state index < -0.39 is 0 Å². The lowest BCUT2D eigenvalue weighted by Crippen LogP contribution is -2.16. The van der Waals surface area contributed by atoms with E-state index in [1.807, 2.05) is 0 Å². The average Bonchev–Trinajstić information content (AvgIpc) is 2.89. The Hall–Kier alpha value is -1.32. The molecule has 1 heterocycles. The highest BCUT2D eigenvalue weighted by molar-refractivity contribution is 5.94. The summed E-state index contributed by atoms with van der Waals surface area (Å²) in [4.78, 5) is 0. The number of hydrogen-bond donors (Lipinski definition) is 2. The zero-order chi connectivity index (χ0) is 16.7. The number of rotatable bonds is 6. The van der Waals surface area contributed by atoms with Crippen molar-refractivity contribution in [2.75, 3.05) is 0 Å². The van der Waals surface area contributed by atoms with E-state index in [4.69, 9.17) is 16.2 Å². The van der Waals surface area contributed by atoms with Crippen molar-refractivity contribution in [3.8, 4) is 0 Å². The van der Waals surface area contributed by atoms with E-state index in [-0.39, 0.29) is 5.84 Å².